The summed E-state index contributed by atoms with van der Waals surface area (Å²) in [6, 6.07) is 6.80. The summed E-state index contributed by atoms with van der Waals surface area (Å²) in [6.45, 7) is 2.30. The molecule has 1 aromatic rings. The number of ether oxygens (including phenoxy) is 1. The van der Waals surface area contributed by atoms with Gasteiger partial charge >= 0.3 is 6.09 Å². The fraction of sp³-hybridized carbons (Fsp3) is 0.562. The van der Waals surface area contributed by atoms with Gasteiger partial charge < -0.3 is 9.64 Å². The van der Waals surface area contributed by atoms with Crippen molar-refractivity contribution in [2.75, 3.05) is 13.0 Å². The zero-order valence-electron chi connectivity index (χ0n) is 16.7. The molecule has 2 aliphatic rings. The van der Waals surface area contributed by atoms with Gasteiger partial charge in [0.05, 0.1) is 0 Å². The number of carbonyl (C=O) groups excluding carboxylic acids is 1. The SMILES string of the molecule is [2H]C1([2H])N(C(=O)OC(C)(C)C)C[C@@]2(c3ccc(Br)cc3)C([2H])([2H])[C@@]12[2H]. The Kier molecular flexibility index (Phi) is 2.04. The summed E-state index contributed by atoms with van der Waals surface area (Å²) in [5, 5.41) is 0. The molecule has 2 atom stereocenters. The third-order valence-corrected chi connectivity index (χ3v) is 3.82. The first-order valence-electron chi connectivity index (χ1n) is 8.99. The van der Waals surface area contributed by atoms with Crippen molar-refractivity contribution < 1.29 is 16.4 Å². The normalized spacial score (nSPS) is 40.6. The number of hydrogen-bond donors (Lipinski definition) is 0. The largest absolute Gasteiger partial charge is 0.444 e. The maximum absolute atomic E-state index is 12.5. The lowest BCUT2D eigenvalue weighted by atomic mass is 9.95. The molecule has 1 saturated heterocycles. The second kappa shape index (κ2) is 4.48. The summed E-state index contributed by atoms with van der Waals surface area (Å²) < 4.78 is 48.1. The second-order valence-corrected chi connectivity index (χ2v) is 7.01. The fourth-order valence-electron chi connectivity index (χ4n) is 2.31. The predicted octanol–water partition coefficient (Wildman–Crippen LogP) is 3.96. The van der Waals surface area contributed by atoms with Crippen molar-refractivity contribution in [3.05, 3.63) is 34.3 Å². The first-order valence-corrected chi connectivity index (χ1v) is 7.28. The van der Waals surface area contributed by atoms with E-state index in [2.05, 4.69) is 15.9 Å². The minimum absolute atomic E-state index is 0.243. The highest BCUT2D eigenvalue weighted by atomic mass is 79.9. The van der Waals surface area contributed by atoms with Crippen LogP contribution in [0.15, 0.2) is 28.7 Å². The highest BCUT2D eigenvalue weighted by molar-refractivity contribution is 9.10. The highest BCUT2D eigenvalue weighted by Gasteiger charge is 2.62. The van der Waals surface area contributed by atoms with Gasteiger partial charge in [0.15, 0.2) is 0 Å². The molecule has 3 nitrogen and oxygen atoms in total. The van der Waals surface area contributed by atoms with Crippen LogP contribution >= 0.6 is 15.9 Å². The number of halogens is 1. The number of benzene rings is 1. The van der Waals surface area contributed by atoms with Crippen LogP contribution in [-0.2, 0) is 10.2 Å². The van der Waals surface area contributed by atoms with E-state index in [0.29, 0.717) is 5.56 Å². The Morgan fingerprint density at radius 2 is 2.15 bits per heavy atom. The predicted molar refractivity (Wildman–Crippen MR) is 81.7 cm³/mol. The Morgan fingerprint density at radius 1 is 1.50 bits per heavy atom. The van der Waals surface area contributed by atoms with E-state index in [1.807, 2.05) is 0 Å². The summed E-state index contributed by atoms with van der Waals surface area (Å²) in [6.07, 6.45) is -2.97. The molecule has 0 radical (unpaired) electrons. The quantitative estimate of drug-likeness (QED) is 0.773. The van der Waals surface area contributed by atoms with E-state index in [-0.39, 0.29) is 6.54 Å². The van der Waals surface area contributed by atoms with Crippen molar-refractivity contribution in [3.8, 4) is 0 Å². The van der Waals surface area contributed by atoms with Gasteiger partial charge in [0.1, 0.15) is 5.60 Å². The molecular formula is C16H20BrNO2. The molecule has 20 heavy (non-hydrogen) atoms. The van der Waals surface area contributed by atoms with E-state index >= 15 is 0 Å². The number of amides is 1. The summed E-state index contributed by atoms with van der Waals surface area (Å²) in [7, 11) is 0. The monoisotopic (exact) mass is 342 g/mol. The third kappa shape index (κ3) is 2.46. The zero-order chi connectivity index (χ0) is 19.1. The molecule has 1 saturated carbocycles. The van der Waals surface area contributed by atoms with Gasteiger partial charge in [0, 0.05) is 29.8 Å². The van der Waals surface area contributed by atoms with Gasteiger partial charge in [-0.2, -0.15) is 0 Å². The maximum Gasteiger partial charge on any atom is 0.410 e. The Balaban J connectivity index is 2.05. The number of piperidine rings is 1. The van der Waals surface area contributed by atoms with Crippen LogP contribution in [0.4, 0.5) is 4.79 Å². The molecule has 108 valence electrons. The minimum Gasteiger partial charge on any atom is -0.444 e. The van der Waals surface area contributed by atoms with Crippen LogP contribution in [-0.4, -0.2) is 29.6 Å². The number of fused-ring (bicyclic) bond motifs is 1. The Labute approximate surface area is 135 Å². The van der Waals surface area contributed by atoms with Crippen molar-refractivity contribution in [3.63, 3.8) is 0 Å². The number of carbonyl (C=O) groups is 1. The van der Waals surface area contributed by atoms with Gasteiger partial charge in [0.25, 0.3) is 0 Å². The molecule has 2 fully saturated rings. The molecule has 4 heteroatoms. The Morgan fingerprint density at radius 3 is 2.75 bits per heavy atom. The number of hydrogen-bond acceptors (Lipinski definition) is 2. The van der Waals surface area contributed by atoms with Crippen LogP contribution < -0.4 is 0 Å². The van der Waals surface area contributed by atoms with Crippen molar-refractivity contribution in [1.29, 1.82) is 0 Å². The average Bonchev–Trinajstić information content (AvgIpc) is 2.73. The topological polar surface area (TPSA) is 29.5 Å². The lowest BCUT2D eigenvalue weighted by Gasteiger charge is -2.26. The standard InChI is InChI=1S/C16H20BrNO2/c1-15(2,3)20-14(19)18-9-12-8-16(12,10-18)11-4-6-13(17)7-5-11/h4-7,12H,8-10H2,1-3H3/t12-,16+/m0/s1/i8D2,9D2,12D. The average molecular weight is 343 g/mol. The first kappa shape index (κ1) is 9.08. The molecule has 1 heterocycles. The minimum atomic E-state index is -2.49. The molecule has 1 amide bonds. The third-order valence-electron chi connectivity index (χ3n) is 3.30. The fourth-order valence-corrected chi connectivity index (χ4v) is 2.57. The summed E-state index contributed by atoms with van der Waals surface area (Å²) in [5.41, 5.74) is -1.73. The van der Waals surface area contributed by atoms with Crippen LogP contribution in [0.25, 0.3) is 0 Å². The van der Waals surface area contributed by atoms with Gasteiger partial charge in [-0.05, 0) is 50.7 Å². The maximum atomic E-state index is 12.5. The van der Waals surface area contributed by atoms with Crippen LogP contribution in [0.2, 0.25) is 0 Å². The smallest absolute Gasteiger partial charge is 0.410 e. The van der Waals surface area contributed by atoms with E-state index < -0.39 is 35.9 Å². The summed E-state index contributed by atoms with van der Waals surface area (Å²) in [4.78, 5) is 13.3. The van der Waals surface area contributed by atoms with Crippen LogP contribution in [0.3, 0.4) is 0 Å². The molecular weight excluding hydrogens is 318 g/mol. The molecule has 0 unspecified atom stereocenters. The Hall–Kier alpha value is -1.03. The molecule has 1 aliphatic heterocycles. The molecule has 0 N–H and O–H groups in total. The van der Waals surface area contributed by atoms with Crippen molar-refractivity contribution in [2.45, 2.75) is 38.2 Å². The van der Waals surface area contributed by atoms with Gasteiger partial charge in [-0.25, -0.2) is 4.79 Å². The van der Waals surface area contributed by atoms with E-state index in [9.17, 15) is 4.79 Å². The molecule has 3 rings (SSSR count). The summed E-state index contributed by atoms with van der Waals surface area (Å²) >= 11 is 3.32. The number of nitrogens with zero attached hydrogens (tertiary/aromatic N) is 1. The zero-order valence-corrected chi connectivity index (χ0v) is 13.2. The van der Waals surface area contributed by atoms with Crippen LogP contribution in [0, 0.1) is 5.89 Å². The van der Waals surface area contributed by atoms with Crippen LogP contribution in [0.5, 0.6) is 0 Å². The van der Waals surface area contributed by atoms with Crippen molar-refractivity contribution in [1.82, 2.24) is 4.90 Å². The van der Waals surface area contributed by atoms with Crippen molar-refractivity contribution in [2.24, 2.45) is 5.89 Å². The van der Waals surface area contributed by atoms with Gasteiger partial charge in [-0.3, -0.25) is 0 Å². The highest BCUT2D eigenvalue weighted by Crippen LogP contribution is 2.59. The van der Waals surface area contributed by atoms with Gasteiger partial charge in [-0.15, -0.1) is 0 Å². The number of likely N-dealkylation sites (tertiary alicyclic amines) is 1. The van der Waals surface area contributed by atoms with Crippen LogP contribution in [0.1, 0.15) is 39.6 Å². The molecule has 0 aromatic heterocycles. The summed E-state index contributed by atoms with van der Waals surface area (Å²) in [5.74, 6) is -2.10. The molecule has 1 aliphatic carbocycles. The molecule has 0 bridgehead atoms. The molecule has 0 spiro atoms. The van der Waals surface area contributed by atoms with E-state index in [0.717, 1.165) is 9.37 Å². The lowest BCUT2D eigenvalue weighted by molar-refractivity contribution is 0.0270. The van der Waals surface area contributed by atoms with Crippen molar-refractivity contribution >= 4 is 22.0 Å². The van der Waals surface area contributed by atoms with E-state index in [1.54, 1.807) is 45.0 Å². The van der Waals surface area contributed by atoms with Gasteiger partial charge in [-0.1, -0.05) is 28.1 Å². The van der Waals surface area contributed by atoms with E-state index in [4.69, 9.17) is 11.6 Å². The second-order valence-electron chi connectivity index (χ2n) is 6.09. The van der Waals surface area contributed by atoms with E-state index in [1.165, 1.54) is 0 Å². The van der Waals surface area contributed by atoms with Gasteiger partial charge in [0.2, 0.25) is 0 Å². The molecule has 1 aromatic carbocycles. The first-order chi connectivity index (χ1) is 11.2. The Bertz CT molecular complexity index is 733. The number of rotatable bonds is 1. The lowest BCUT2D eigenvalue weighted by Crippen LogP contribution is -2.37.